The smallest absolute Gasteiger partial charge is 0.160 e. The van der Waals surface area contributed by atoms with Gasteiger partial charge in [-0.3, -0.25) is 0 Å². The van der Waals surface area contributed by atoms with E-state index in [1.165, 1.54) is 16.5 Å². The number of hydrogen-bond donors (Lipinski definition) is 0. The molecule has 3 nitrogen and oxygen atoms in total. The molecule has 0 saturated carbocycles. The van der Waals surface area contributed by atoms with Crippen LogP contribution in [0.15, 0.2) is 212 Å². The van der Waals surface area contributed by atoms with Crippen LogP contribution in [0, 0.1) is 0 Å². The van der Waals surface area contributed by atoms with E-state index in [2.05, 4.69) is 200 Å². The molecule has 0 atom stereocenters. The minimum Gasteiger partial charge on any atom is -0.246 e. The summed E-state index contributed by atoms with van der Waals surface area (Å²) in [4.78, 5) is 16.2. The quantitative estimate of drug-likeness (QED) is 0.154. The predicted molar refractivity (Wildman–Crippen MR) is 233 cm³/mol. The Morgan fingerprint density at radius 1 is 0.268 bits per heavy atom. The second-order valence-corrected chi connectivity index (χ2v) is 14.0. The average molecular weight is 714 g/mol. The first-order valence-electron chi connectivity index (χ1n) is 18.9. The van der Waals surface area contributed by atoms with E-state index in [-0.39, 0.29) is 0 Å². The van der Waals surface area contributed by atoms with Crippen molar-refractivity contribution in [3.8, 4) is 78.5 Å². The lowest BCUT2D eigenvalue weighted by Crippen LogP contribution is -1.98. The zero-order valence-corrected chi connectivity index (χ0v) is 30.5. The van der Waals surface area contributed by atoms with Gasteiger partial charge in [-0.2, -0.15) is 0 Å². The van der Waals surface area contributed by atoms with E-state index in [4.69, 9.17) is 15.0 Å². The lowest BCUT2D eigenvalue weighted by atomic mass is 9.91. The second-order valence-electron chi connectivity index (χ2n) is 14.0. The van der Waals surface area contributed by atoms with Gasteiger partial charge in [-0.05, 0) is 51.6 Å². The zero-order valence-electron chi connectivity index (χ0n) is 30.5. The molecule has 10 aromatic rings. The summed E-state index contributed by atoms with van der Waals surface area (Å²) in [5.74, 6) is 0.659. The summed E-state index contributed by atoms with van der Waals surface area (Å²) >= 11 is 0. The number of fused-ring (bicyclic) bond motifs is 3. The summed E-state index contributed by atoms with van der Waals surface area (Å²) < 4.78 is 0. The van der Waals surface area contributed by atoms with Crippen LogP contribution in [0.5, 0.6) is 0 Å². The highest BCUT2D eigenvalue weighted by molar-refractivity contribution is 6.19. The summed E-state index contributed by atoms with van der Waals surface area (Å²) in [6.45, 7) is 0. The van der Waals surface area contributed by atoms with E-state index in [0.29, 0.717) is 5.82 Å². The van der Waals surface area contributed by atoms with Crippen molar-refractivity contribution in [2.75, 3.05) is 0 Å². The maximum Gasteiger partial charge on any atom is 0.160 e. The van der Waals surface area contributed by atoms with Crippen LogP contribution in [0.4, 0.5) is 0 Å². The molecule has 0 bridgehead atoms. The highest BCUT2D eigenvalue weighted by Gasteiger charge is 2.19. The molecule has 2 aromatic heterocycles. The van der Waals surface area contributed by atoms with Crippen LogP contribution in [0.2, 0.25) is 0 Å². The number of nitrogens with zero attached hydrogens (tertiary/aromatic N) is 3. The Kier molecular flexibility index (Phi) is 8.51. The molecule has 0 spiro atoms. The van der Waals surface area contributed by atoms with Crippen molar-refractivity contribution in [1.29, 1.82) is 0 Å². The Bertz CT molecular complexity index is 2900. The molecule has 0 aliphatic rings. The van der Waals surface area contributed by atoms with Gasteiger partial charge in [-0.15, -0.1) is 0 Å². The van der Waals surface area contributed by atoms with Crippen LogP contribution in [-0.4, -0.2) is 15.0 Å². The molecule has 262 valence electrons. The Morgan fingerprint density at radius 2 is 0.732 bits per heavy atom. The van der Waals surface area contributed by atoms with E-state index in [0.717, 1.165) is 77.9 Å². The Balaban J connectivity index is 1.24. The fourth-order valence-corrected chi connectivity index (χ4v) is 7.78. The van der Waals surface area contributed by atoms with Gasteiger partial charge in [0, 0.05) is 38.4 Å². The molecule has 8 aromatic carbocycles. The molecule has 0 saturated heterocycles. The van der Waals surface area contributed by atoms with Crippen LogP contribution >= 0.6 is 0 Å². The van der Waals surface area contributed by atoms with Crippen LogP contribution in [0.1, 0.15) is 0 Å². The maximum atomic E-state index is 5.54. The third-order valence-electron chi connectivity index (χ3n) is 10.5. The summed E-state index contributed by atoms with van der Waals surface area (Å²) in [5, 5.41) is 3.36. The Morgan fingerprint density at radius 3 is 1.38 bits per heavy atom. The van der Waals surface area contributed by atoms with Gasteiger partial charge in [-0.25, -0.2) is 15.0 Å². The van der Waals surface area contributed by atoms with Crippen molar-refractivity contribution in [2.24, 2.45) is 0 Å². The molecule has 0 amide bonds. The van der Waals surface area contributed by atoms with E-state index in [1.807, 2.05) is 12.1 Å². The minimum absolute atomic E-state index is 0.659. The van der Waals surface area contributed by atoms with Crippen molar-refractivity contribution >= 4 is 21.7 Å². The van der Waals surface area contributed by atoms with Crippen molar-refractivity contribution in [2.45, 2.75) is 0 Å². The molecule has 0 fully saturated rings. The van der Waals surface area contributed by atoms with Gasteiger partial charge >= 0.3 is 0 Å². The number of aromatic nitrogens is 3. The van der Waals surface area contributed by atoms with E-state index in [1.54, 1.807) is 0 Å². The number of pyridine rings is 1. The molecule has 0 aliphatic carbocycles. The van der Waals surface area contributed by atoms with Gasteiger partial charge in [0.05, 0.1) is 22.6 Å². The zero-order chi connectivity index (χ0) is 37.3. The lowest BCUT2D eigenvalue weighted by Gasteiger charge is -2.17. The lowest BCUT2D eigenvalue weighted by molar-refractivity contribution is 1.18. The van der Waals surface area contributed by atoms with Gasteiger partial charge < -0.3 is 0 Å². The van der Waals surface area contributed by atoms with Gasteiger partial charge in [-0.1, -0.05) is 194 Å². The monoisotopic (exact) mass is 713 g/mol. The molecule has 0 unspecified atom stereocenters. The van der Waals surface area contributed by atoms with Crippen molar-refractivity contribution in [1.82, 2.24) is 15.0 Å². The fraction of sp³-hybridized carbons (Fsp3) is 0. The van der Waals surface area contributed by atoms with E-state index in [9.17, 15) is 0 Å². The molecule has 0 aliphatic heterocycles. The summed E-state index contributed by atoms with van der Waals surface area (Å²) in [5.41, 5.74) is 14.4. The average Bonchev–Trinajstić information content (AvgIpc) is 3.29. The first kappa shape index (κ1) is 33.1. The molecular formula is C53H35N3. The van der Waals surface area contributed by atoms with Crippen LogP contribution < -0.4 is 0 Å². The topological polar surface area (TPSA) is 38.7 Å². The van der Waals surface area contributed by atoms with Gasteiger partial charge in [0.2, 0.25) is 0 Å². The third-order valence-corrected chi connectivity index (χ3v) is 10.5. The molecule has 2 heterocycles. The van der Waals surface area contributed by atoms with E-state index >= 15 is 0 Å². The fourth-order valence-electron chi connectivity index (χ4n) is 7.78. The maximum absolute atomic E-state index is 5.54. The van der Waals surface area contributed by atoms with Crippen LogP contribution in [0.25, 0.3) is 100 Å². The standard InChI is InChI=1S/C53H35N3/c1-5-17-36(18-6-1)40-25-13-27-42(33-40)48-35-49(55-53(54-48)43-28-14-26-41(34-43)37-19-7-2-8-20-37)45-30-16-32-47-50-44(38-21-9-3-10-22-38)29-15-31-46(50)51(56-52(45)47)39-23-11-4-12-24-39/h1-35H. The molecule has 0 N–H and O–H groups in total. The molecule has 3 heteroatoms. The molecule has 56 heavy (non-hydrogen) atoms. The number of para-hydroxylation sites is 1. The van der Waals surface area contributed by atoms with Crippen molar-refractivity contribution < 1.29 is 0 Å². The predicted octanol–water partition coefficient (Wildman–Crippen LogP) is 13.8. The van der Waals surface area contributed by atoms with Crippen LogP contribution in [0.3, 0.4) is 0 Å². The Labute approximate surface area is 326 Å². The summed E-state index contributed by atoms with van der Waals surface area (Å²) in [7, 11) is 0. The molecular weight excluding hydrogens is 679 g/mol. The molecule has 0 radical (unpaired) electrons. The van der Waals surface area contributed by atoms with Gasteiger partial charge in [0.1, 0.15) is 0 Å². The van der Waals surface area contributed by atoms with E-state index < -0.39 is 0 Å². The largest absolute Gasteiger partial charge is 0.246 e. The third kappa shape index (κ3) is 6.21. The van der Waals surface area contributed by atoms with Gasteiger partial charge in [0.25, 0.3) is 0 Å². The molecule has 10 rings (SSSR count). The Hall–Kier alpha value is -7.49. The normalized spacial score (nSPS) is 11.2. The summed E-state index contributed by atoms with van der Waals surface area (Å²) in [6, 6.07) is 74.4. The number of benzene rings is 8. The number of rotatable bonds is 7. The minimum atomic E-state index is 0.659. The second kappa shape index (κ2) is 14.4. The van der Waals surface area contributed by atoms with Crippen molar-refractivity contribution in [3.63, 3.8) is 0 Å². The first-order valence-corrected chi connectivity index (χ1v) is 18.9. The first-order chi connectivity index (χ1) is 27.8. The highest BCUT2D eigenvalue weighted by atomic mass is 14.9. The number of hydrogen-bond acceptors (Lipinski definition) is 3. The summed E-state index contributed by atoms with van der Waals surface area (Å²) in [6.07, 6.45) is 0. The highest BCUT2D eigenvalue weighted by Crippen LogP contribution is 2.42. The SMILES string of the molecule is c1ccc(-c2cccc(-c3cc(-c4cccc5c4nc(-c4ccccc4)c4cccc(-c6ccccc6)c45)nc(-c4cccc(-c5ccccc5)c4)n3)c2)cc1. The van der Waals surface area contributed by atoms with Gasteiger partial charge in [0.15, 0.2) is 5.82 Å². The van der Waals surface area contributed by atoms with Crippen LogP contribution in [-0.2, 0) is 0 Å². The van der Waals surface area contributed by atoms with Crippen molar-refractivity contribution in [3.05, 3.63) is 212 Å².